The lowest BCUT2D eigenvalue weighted by Gasteiger charge is -2.20. The van der Waals surface area contributed by atoms with Crippen LogP contribution in [-0.4, -0.2) is 44.9 Å². The second-order valence-electron chi connectivity index (χ2n) is 3.60. The summed E-state index contributed by atoms with van der Waals surface area (Å²) in [6, 6.07) is -0.516. The third-order valence-electron chi connectivity index (χ3n) is 2.34. The zero-order chi connectivity index (χ0) is 14.5. The minimum absolute atomic E-state index is 0.150. The van der Waals surface area contributed by atoms with Crippen molar-refractivity contribution in [3.8, 4) is 0 Å². The molecule has 7 nitrogen and oxygen atoms in total. The summed E-state index contributed by atoms with van der Waals surface area (Å²) in [5.74, 6) is -1.34. The van der Waals surface area contributed by atoms with Crippen LogP contribution in [0.3, 0.4) is 0 Å². The van der Waals surface area contributed by atoms with E-state index in [1.165, 1.54) is 6.08 Å². The first kappa shape index (κ1) is 16.0. The minimum Gasteiger partial charge on any atom is -0.507 e. The number of allylic oxidation sites excluding steroid dienone is 1. The van der Waals surface area contributed by atoms with Gasteiger partial charge >= 0.3 is 16.4 Å². The Labute approximate surface area is 117 Å². The van der Waals surface area contributed by atoms with Crippen LogP contribution in [0.4, 0.5) is 0 Å². The van der Waals surface area contributed by atoms with Crippen LogP contribution in [0.15, 0.2) is 23.5 Å². The van der Waals surface area contributed by atoms with Gasteiger partial charge in [-0.1, -0.05) is 6.08 Å². The molecule has 0 aromatic heterocycles. The molecular formula is C10H15NO6S2. The number of hydrogen-bond donors (Lipinski definition) is 3. The highest BCUT2D eigenvalue weighted by atomic mass is 32.3. The maximum atomic E-state index is 11.8. The van der Waals surface area contributed by atoms with Crippen molar-refractivity contribution in [2.24, 2.45) is 0 Å². The Bertz CT molecular complexity index is 496. The monoisotopic (exact) mass is 309 g/mol. The van der Waals surface area contributed by atoms with Gasteiger partial charge in [0.25, 0.3) is 0 Å². The van der Waals surface area contributed by atoms with Crippen LogP contribution < -0.4 is 5.32 Å². The molecule has 1 aliphatic carbocycles. The lowest BCUT2D eigenvalue weighted by molar-refractivity contribution is -0.130. The molecule has 0 aliphatic heterocycles. The Morgan fingerprint density at radius 3 is 2.89 bits per heavy atom. The topological polar surface area (TPSA) is 102 Å². The van der Waals surface area contributed by atoms with E-state index in [0.717, 1.165) is 0 Å². The minimum atomic E-state index is -4.44. The number of carbonyl (C=O) groups is 1. The molecule has 19 heavy (non-hydrogen) atoms. The summed E-state index contributed by atoms with van der Waals surface area (Å²) < 4.78 is 31.2. The predicted molar refractivity (Wildman–Crippen MR) is 71.1 cm³/mol. The number of carbonyl (C=O) groups excluding carboxylic acids is 1. The molecule has 0 heterocycles. The van der Waals surface area contributed by atoms with E-state index in [1.54, 1.807) is 13.1 Å². The van der Waals surface area contributed by atoms with Gasteiger partial charge in [0.2, 0.25) is 0 Å². The van der Waals surface area contributed by atoms with Crippen LogP contribution in [-0.2, 0) is 23.6 Å². The molecule has 9 heteroatoms. The fourth-order valence-electron chi connectivity index (χ4n) is 1.51. The highest BCUT2D eigenvalue weighted by Crippen LogP contribution is 2.20. The summed E-state index contributed by atoms with van der Waals surface area (Å²) >= 11 is 3.77. The lowest BCUT2D eigenvalue weighted by atomic mass is 9.98. The molecule has 1 atom stereocenters. The lowest BCUT2D eigenvalue weighted by Crippen LogP contribution is -2.34. The van der Waals surface area contributed by atoms with Gasteiger partial charge in [0.15, 0.2) is 0 Å². The van der Waals surface area contributed by atoms with Gasteiger partial charge in [-0.25, -0.2) is 8.98 Å². The molecule has 2 N–H and O–H groups in total. The summed E-state index contributed by atoms with van der Waals surface area (Å²) in [6.45, 7) is -0.209. The summed E-state index contributed by atoms with van der Waals surface area (Å²) in [7, 11) is -2.86. The standard InChI is InChI=1S/C10H15NO6S2/c1-11-7-3-2-4-8(12)9(7)10(13)17-19(14,15)16-5-6-18/h2,4,7,11-12,18H,3,5-6H2,1H3. The van der Waals surface area contributed by atoms with Crippen molar-refractivity contribution < 1.29 is 26.7 Å². The van der Waals surface area contributed by atoms with Crippen molar-refractivity contribution in [3.05, 3.63) is 23.5 Å². The Morgan fingerprint density at radius 1 is 1.63 bits per heavy atom. The van der Waals surface area contributed by atoms with Crippen molar-refractivity contribution in [1.82, 2.24) is 5.32 Å². The average Bonchev–Trinajstić information content (AvgIpc) is 2.35. The van der Waals surface area contributed by atoms with Gasteiger partial charge in [-0.3, -0.25) is 0 Å². The molecule has 0 spiro atoms. The molecule has 0 saturated heterocycles. The molecule has 1 aliphatic rings. The normalized spacial score (nSPS) is 19.6. The van der Waals surface area contributed by atoms with Crippen molar-refractivity contribution in [2.75, 3.05) is 19.4 Å². The van der Waals surface area contributed by atoms with Crippen molar-refractivity contribution in [3.63, 3.8) is 0 Å². The molecule has 108 valence electrons. The summed E-state index contributed by atoms with van der Waals surface area (Å²) in [6.07, 6.45) is 3.40. The average molecular weight is 309 g/mol. The predicted octanol–water partition coefficient (Wildman–Crippen LogP) is 0.0808. The number of likely N-dealkylation sites (N-methyl/N-ethyl adjacent to an activating group) is 1. The third kappa shape index (κ3) is 4.53. The summed E-state index contributed by atoms with van der Waals surface area (Å²) in [4.78, 5) is 11.8. The maximum absolute atomic E-state index is 11.8. The van der Waals surface area contributed by atoms with Gasteiger partial charge in [0.05, 0.1) is 12.2 Å². The van der Waals surface area contributed by atoms with Gasteiger partial charge in [-0.2, -0.15) is 21.0 Å². The Kier molecular flexibility index (Phi) is 5.85. The first-order valence-electron chi connectivity index (χ1n) is 5.42. The molecule has 1 rings (SSSR count). The smallest absolute Gasteiger partial charge is 0.451 e. The Morgan fingerprint density at radius 2 is 2.32 bits per heavy atom. The zero-order valence-corrected chi connectivity index (χ0v) is 11.9. The van der Waals surface area contributed by atoms with E-state index >= 15 is 0 Å². The van der Waals surface area contributed by atoms with Crippen LogP contribution in [0.25, 0.3) is 0 Å². The van der Waals surface area contributed by atoms with E-state index in [9.17, 15) is 18.3 Å². The van der Waals surface area contributed by atoms with Crippen LogP contribution >= 0.6 is 12.6 Å². The fourth-order valence-corrected chi connectivity index (χ4v) is 2.34. The SMILES string of the molecule is CNC1CC=CC(O)=C1C(=O)OS(=O)(=O)OCCS. The van der Waals surface area contributed by atoms with Crippen molar-refractivity contribution >= 4 is 29.0 Å². The Balaban J connectivity index is 2.85. The third-order valence-corrected chi connectivity index (χ3v) is 3.33. The van der Waals surface area contributed by atoms with E-state index in [-0.39, 0.29) is 23.7 Å². The molecule has 0 fully saturated rings. The van der Waals surface area contributed by atoms with E-state index in [2.05, 4.69) is 26.3 Å². The second-order valence-corrected chi connectivity index (χ2v) is 5.27. The number of thiol groups is 1. The fraction of sp³-hybridized carbons (Fsp3) is 0.500. The van der Waals surface area contributed by atoms with Gasteiger partial charge < -0.3 is 14.6 Å². The molecule has 0 aromatic carbocycles. The van der Waals surface area contributed by atoms with E-state index in [1.807, 2.05) is 0 Å². The number of aliphatic hydroxyl groups excluding tert-OH is 1. The quantitative estimate of drug-likeness (QED) is 0.597. The van der Waals surface area contributed by atoms with Gasteiger partial charge in [0, 0.05) is 11.8 Å². The molecule has 0 saturated carbocycles. The Hall–Kier alpha value is -1.03. The van der Waals surface area contributed by atoms with E-state index in [0.29, 0.717) is 6.42 Å². The molecule has 0 amide bonds. The van der Waals surface area contributed by atoms with E-state index < -0.39 is 22.4 Å². The molecule has 0 aromatic rings. The number of hydrogen-bond acceptors (Lipinski definition) is 8. The maximum Gasteiger partial charge on any atom is 0.451 e. The summed E-state index contributed by atoms with van der Waals surface area (Å²) in [5.41, 5.74) is -0.150. The zero-order valence-electron chi connectivity index (χ0n) is 10.2. The van der Waals surface area contributed by atoms with Crippen LogP contribution in [0.1, 0.15) is 6.42 Å². The van der Waals surface area contributed by atoms with Crippen LogP contribution in [0.2, 0.25) is 0 Å². The highest BCUT2D eigenvalue weighted by Gasteiger charge is 2.30. The highest BCUT2D eigenvalue weighted by molar-refractivity contribution is 7.82. The van der Waals surface area contributed by atoms with Crippen molar-refractivity contribution in [2.45, 2.75) is 12.5 Å². The molecule has 0 radical (unpaired) electrons. The molecular weight excluding hydrogens is 294 g/mol. The number of rotatable bonds is 6. The van der Waals surface area contributed by atoms with Crippen LogP contribution in [0.5, 0.6) is 0 Å². The first-order chi connectivity index (χ1) is 8.91. The second kappa shape index (κ2) is 6.94. The summed E-state index contributed by atoms with van der Waals surface area (Å²) in [5, 5.41) is 12.4. The molecule has 0 bridgehead atoms. The van der Waals surface area contributed by atoms with E-state index in [4.69, 9.17) is 0 Å². The number of aliphatic hydroxyl groups is 1. The van der Waals surface area contributed by atoms with Crippen LogP contribution in [0, 0.1) is 0 Å². The number of nitrogens with one attached hydrogen (secondary N) is 1. The van der Waals surface area contributed by atoms with Gasteiger partial charge in [-0.15, -0.1) is 0 Å². The van der Waals surface area contributed by atoms with Gasteiger partial charge in [-0.05, 0) is 19.5 Å². The van der Waals surface area contributed by atoms with Gasteiger partial charge in [0.1, 0.15) is 5.76 Å². The molecule has 1 unspecified atom stereocenters. The van der Waals surface area contributed by atoms with Crippen molar-refractivity contribution in [1.29, 1.82) is 0 Å². The first-order valence-corrected chi connectivity index (χ1v) is 7.39. The largest absolute Gasteiger partial charge is 0.507 e.